The molecule has 0 fully saturated rings. The van der Waals surface area contributed by atoms with E-state index in [0.29, 0.717) is 5.92 Å². The van der Waals surface area contributed by atoms with Crippen LogP contribution in [-0.2, 0) is 6.42 Å². The van der Waals surface area contributed by atoms with Gasteiger partial charge in [-0.2, -0.15) is 0 Å². The van der Waals surface area contributed by atoms with Gasteiger partial charge in [0.1, 0.15) is 0 Å². The Morgan fingerprint density at radius 3 is 2.45 bits per heavy atom. The normalized spacial score (nSPS) is 13.4. The van der Waals surface area contributed by atoms with Crippen molar-refractivity contribution in [2.75, 3.05) is 0 Å². The maximum absolute atomic E-state index is 2.47. The number of hydrogen-bond donors (Lipinski definition) is 0. The van der Waals surface area contributed by atoms with Crippen molar-refractivity contribution in [2.45, 2.75) is 52.4 Å². The summed E-state index contributed by atoms with van der Waals surface area (Å²) in [4.78, 5) is 0. The Balaban J connectivity index is 2.11. The molecule has 0 saturated carbocycles. The van der Waals surface area contributed by atoms with Crippen LogP contribution in [0.2, 0.25) is 0 Å². The van der Waals surface area contributed by atoms with Crippen molar-refractivity contribution in [3.8, 4) is 11.1 Å². The molecule has 0 aromatic heterocycles. The van der Waals surface area contributed by atoms with Crippen LogP contribution in [0.15, 0.2) is 48.0 Å². The average molecular weight is 290 g/mol. The Hall–Kier alpha value is -1.82. The first-order valence-electron chi connectivity index (χ1n) is 8.61. The summed E-state index contributed by atoms with van der Waals surface area (Å²) in [5, 5.41) is 0. The van der Waals surface area contributed by atoms with E-state index < -0.39 is 0 Å². The average Bonchev–Trinajstić information content (AvgIpc) is 2.95. The Labute approximate surface area is 134 Å². The first-order chi connectivity index (χ1) is 10.7. The lowest BCUT2D eigenvalue weighted by Gasteiger charge is -2.17. The monoisotopic (exact) mass is 290 g/mol. The summed E-state index contributed by atoms with van der Waals surface area (Å²) >= 11 is 0. The topological polar surface area (TPSA) is 0 Å². The fourth-order valence-corrected chi connectivity index (χ4v) is 3.47. The molecule has 2 aromatic carbocycles. The lowest BCUT2D eigenvalue weighted by Crippen LogP contribution is -1.97. The molecule has 1 aliphatic rings. The van der Waals surface area contributed by atoms with Crippen LogP contribution >= 0.6 is 0 Å². The van der Waals surface area contributed by atoms with Gasteiger partial charge in [-0.25, -0.2) is 0 Å². The third-order valence-electron chi connectivity index (χ3n) is 4.67. The Morgan fingerprint density at radius 2 is 1.77 bits per heavy atom. The second kappa shape index (κ2) is 6.52. The molecule has 0 amide bonds. The summed E-state index contributed by atoms with van der Waals surface area (Å²) in [5.74, 6) is 0.550. The molecule has 0 unspecified atom stereocenters. The highest BCUT2D eigenvalue weighted by atomic mass is 14.2. The number of hydrogen-bond acceptors (Lipinski definition) is 0. The summed E-state index contributed by atoms with van der Waals surface area (Å²) in [7, 11) is 0. The van der Waals surface area contributed by atoms with E-state index in [0.717, 1.165) is 6.42 Å². The summed E-state index contributed by atoms with van der Waals surface area (Å²) in [6.45, 7) is 6.87. The van der Waals surface area contributed by atoms with Gasteiger partial charge < -0.3 is 0 Å². The molecule has 0 radical (unpaired) electrons. The molecular weight excluding hydrogens is 264 g/mol. The van der Waals surface area contributed by atoms with E-state index in [1.807, 2.05) is 0 Å². The van der Waals surface area contributed by atoms with Crippen LogP contribution in [0.1, 0.15) is 62.6 Å². The summed E-state index contributed by atoms with van der Waals surface area (Å²) in [5.41, 5.74) is 8.88. The number of rotatable bonds is 5. The molecule has 0 aliphatic heterocycles. The van der Waals surface area contributed by atoms with Crippen molar-refractivity contribution in [2.24, 2.45) is 0 Å². The molecule has 0 heterocycles. The predicted octanol–water partition coefficient (Wildman–Crippen LogP) is 6.61. The van der Waals surface area contributed by atoms with Crippen LogP contribution < -0.4 is 0 Å². The van der Waals surface area contributed by atoms with Gasteiger partial charge in [-0.05, 0) is 53.0 Å². The zero-order valence-corrected chi connectivity index (χ0v) is 14.0. The van der Waals surface area contributed by atoms with Gasteiger partial charge in [-0.15, -0.1) is 0 Å². The first-order valence-corrected chi connectivity index (χ1v) is 8.61. The van der Waals surface area contributed by atoms with Gasteiger partial charge >= 0.3 is 0 Å². The Kier molecular flexibility index (Phi) is 4.47. The zero-order valence-electron chi connectivity index (χ0n) is 14.0. The van der Waals surface area contributed by atoms with Gasteiger partial charge in [0.2, 0.25) is 0 Å². The van der Waals surface area contributed by atoms with E-state index in [2.05, 4.69) is 69.3 Å². The minimum Gasteiger partial charge on any atom is -0.0654 e. The molecule has 0 atom stereocenters. The van der Waals surface area contributed by atoms with Crippen LogP contribution in [0.25, 0.3) is 17.2 Å². The zero-order chi connectivity index (χ0) is 15.5. The highest BCUT2D eigenvalue weighted by Crippen LogP contribution is 2.40. The van der Waals surface area contributed by atoms with Crippen molar-refractivity contribution in [1.82, 2.24) is 0 Å². The summed E-state index contributed by atoms with van der Waals surface area (Å²) in [6, 6.07) is 15.6. The predicted molar refractivity (Wildman–Crippen MR) is 97.2 cm³/mol. The quantitative estimate of drug-likeness (QED) is 0.581. The highest BCUT2D eigenvalue weighted by Gasteiger charge is 2.20. The summed E-state index contributed by atoms with van der Waals surface area (Å²) in [6.07, 6.45) is 7.44. The molecule has 0 heteroatoms. The second-order valence-electron chi connectivity index (χ2n) is 6.71. The van der Waals surface area contributed by atoms with Gasteiger partial charge in [-0.3, -0.25) is 0 Å². The number of unbranched alkanes of at least 4 members (excludes halogenated alkanes) is 1. The fourth-order valence-electron chi connectivity index (χ4n) is 3.47. The highest BCUT2D eigenvalue weighted by molar-refractivity contribution is 5.83. The van der Waals surface area contributed by atoms with E-state index in [1.165, 1.54) is 47.1 Å². The van der Waals surface area contributed by atoms with E-state index in [9.17, 15) is 0 Å². The van der Waals surface area contributed by atoms with Gasteiger partial charge in [0.25, 0.3) is 0 Å². The lowest BCUT2D eigenvalue weighted by atomic mass is 9.87. The summed E-state index contributed by atoms with van der Waals surface area (Å²) < 4.78 is 0. The van der Waals surface area contributed by atoms with E-state index >= 15 is 0 Å². The Morgan fingerprint density at radius 1 is 1.00 bits per heavy atom. The number of benzene rings is 2. The van der Waals surface area contributed by atoms with Crippen LogP contribution in [0.5, 0.6) is 0 Å². The van der Waals surface area contributed by atoms with Gasteiger partial charge in [0.05, 0.1) is 0 Å². The molecule has 3 rings (SSSR count). The van der Waals surface area contributed by atoms with E-state index in [4.69, 9.17) is 0 Å². The Bertz CT molecular complexity index is 675. The van der Waals surface area contributed by atoms with E-state index in [-0.39, 0.29) is 0 Å². The van der Waals surface area contributed by atoms with Crippen molar-refractivity contribution < 1.29 is 0 Å². The maximum atomic E-state index is 2.47. The van der Waals surface area contributed by atoms with Crippen molar-refractivity contribution in [3.63, 3.8) is 0 Å². The molecule has 114 valence electrons. The molecule has 0 N–H and O–H groups in total. The molecule has 2 aromatic rings. The molecule has 0 bridgehead atoms. The minimum atomic E-state index is 0.550. The largest absolute Gasteiger partial charge is 0.0654 e. The van der Waals surface area contributed by atoms with Crippen molar-refractivity contribution in [1.29, 1.82) is 0 Å². The first kappa shape index (κ1) is 15.1. The minimum absolute atomic E-state index is 0.550. The van der Waals surface area contributed by atoms with Crippen molar-refractivity contribution in [3.05, 3.63) is 64.7 Å². The van der Waals surface area contributed by atoms with Gasteiger partial charge in [0.15, 0.2) is 0 Å². The third-order valence-corrected chi connectivity index (χ3v) is 4.67. The van der Waals surface area contributed by atoms with Crippen LogP contribution in [0, 0.1) is 0 Å². The number of allylic oxidation sites excluding steroid dienone is 1. The standard InChI is InChI=1S/C22H26/c1-4-5-9-17-14-19-12-13-20(16(2)3)22(21(19)15-17)18-10-7-6-8-11-18/h6-8,10-13,15-16H,4-5,9,14H2,1-3H3. The molecule has 0 saturated heterocycles. The lowest BCUT2D eigenvalue weighted by molar-refractivity contribution is 0.779. The van der Waals surface area contributed by atoms with Crippen LogP contribution in [-0.4, -0.2) is 0 Å². The van der Waals surface area contributed by atoms with Crippen LogP contribution in [0.4, 0.5) is 0 Å². The second-order valence-corrected chi connectivity index (χ2v) is 6.71. The third kappa shape index (κ3) is 2.88. The van der Waals surface area contributed by atoms with Gasteiger partial charge in [0, 0.05) is 0 Å². The smallest absolute Gasteiger partial charge is 0.00576 e. The molecule has 0 spiro atoms. The number of fused-ring (bicyclic) bond motifs is 1. The molecule has 0 nitrogen and oxygen atoms in total. The van der Waals surface area contributed by atoms with Crippen molar-refractivity contribution >= 4 is 6.08 Å². The molecule has 1 aliphatic carbocycles. The van der Waals surface area contributed by atoms with E-state index in [1.54, 1.807) is 5.57 Å². The fraction of sp³-hybridized carbons (Fsp3) is 0.364. The van der Waals surface area contributed by atoms with Crippen LogP contribution in [0.3, 0.4) is 0 Å². The SMILES string of the molecule is CCCCC1=Cc2c(ccc(C(C)C)c2-c2ccccc2)C1. The molecular formula is C22H26. The molecule has 22 heavy (non-hydrogen) atoms. The van der Waals surface area contributed by atoms with Gasteiger partial charge in [-0.1, -0.05) is 81.3 Å². The maximum Gasteiger partial charge on any atom is -0.00576 e.